The molecule has 2 aromatic heterocycles. The maximum atomic E-state index is 4.99. The minimum absolute atomic E-state index is 0.549. The van der Waals surface area contributed by atoms with Crippen molar-refractivity contribution in [2.24, 2.45) is 0 Å². The number of rotatable bonds is 3. The van der Waals surface area contributed by atoms with Crippen LogP contribution < -0.4 is 0 Å². The summed E-state index contributed by atoms with van der Waals surface area (Å²) in [6, 6.07) is 5.82. The van der Waals surface area contributed by atoms with Crippen molar-refractivity contribution in [3.63, 3.8) is 0 Å². The standard InChI is InChI=1S/C10H11N3O/c1-14-7-9-5-10(13-12-9)8-3-2-4-11-6-8/h2-6H,7H2,1H3,(H,12,13). The van der Waals surface area contributed by atoms with E-state index >= 15 is 0 Å². The molecule has 2 rings (SSSR count). The van der Waals surface area contributed by atoms with Crippen LogP contribution in [-0.4, -0.2) is 22.3 Å². The summed E-state index contributed by atoms with van der Waals surface area (Å²) in [5.74, 6) is 0. The van der Waals surface area contributed by atoms with Crippen molar-refractivity contribution in [3.8, 4) is 11.3 Å². The minimum Gasteiger partial charge on any atom is -0.378 e. The van der Waals surface area contributed by atoms with Crippen molar-refractivity contribution in [3.05, 3.63) is 36.3 Å². The highest BCUT2D eigenvalue weighted by molar-refractivity contribution is 5.57. The smallest absolute Gasteiger partial charge is 0.0939 e. The quantitative estimate of drug-likeness (QED) is 0.798. The van der Waals surface area contributed by atoms with Gasteiger partial charge in [-0.2, -0.15) is 5.10 Å². The van der Waals surface area contributed by atoms with E-state index in [1.807, 2.05) is 18.2 Å². The molecule has 14 heavy (non-hydrogen) atoms. The zero-order valence-electron chi connectivity index (χ0n) is 7.90. The highest BCUT2D eigenvalue weighted by Crippen LogP contribution is 2.15. The molecule has 0 spiro atoms. The average molecular weight is 189 g/mol. The van der Waals surface area contributed by atoms with Gasteiger partial charge in [-0.1, -0.05) is 0 Å². The Kier molecular flexibility index (Phi) is 2.55. The first-order chi connectivity index (χ1) is 6.90. The van der Waals surface area contributed by atoms with Gasteiger partial charge >= 0.3 is 0 Å². The molecule has 2 aromatic rings. The lowest BCUT2D eigenvalue weighted by Gasteiger charge is -1.92. The number of hydrogen-bond acceptors (Lipinski definition) is 3. The summed E-state index contributed by atoms with van der Waals surface area (Å²) in [6.45, 7) is 0.549. The molecule has 0 fully saturated rings. The predicted octanol–water partition coefficient (Wildman–Crippen LogP) is 1.62. The summed E-state index contributed by atoms with van der Waals surface area (Å²) in [7, 11) is 1.66. The van der Waals surface area contributed by atoms with E-state index in [0.717, 1.165) is 17.0 Å². The first kappa shape index (κ1) is 8.90. The molecule has 0 aromatic carbocycles. The van der Waals surface area contributed by atoms with Gasteiger partial charge in [0.05, 0.1) is 18.0 Å². The Morgan fingerprint density at radius 1 is 1.50 bits per heavy atom. The zero-order valence-corrected chi connectivity index (χ0v) is 7.90. The van der Waals surface area contributed by atoms with Crippen LogP contribution in [0.15, 0.2) is 30.6 Å². The first-order valence-electron chi connectivity index (χ1n) is 4.34. The summed E-state index contributed by atoms with van der Waals surface area (Å²) in [4.78, 5) is 4.03. The Hall–Kier alpha value is -1.68. The van der Waals surface area contributed by atoms with Gasteiger partial charge in [0.25, 0.3) is 0 Å². The third-order valence-corrected chi connectivity index (χ3v) is 1.89. The van der Waals surface area contributed by atoms with E-state index < -0.39 is 0 Å². The number of aromatic amines is 1. The molecule has 0 radical (unpaired) electrons. The van der Waals surface area contributed by atoms with Crippen LogP contribution in [0.25, 0.3) is 11.3 Å². The molecule has 0 saturated heterocycles. The van der Waals surface area contributed by atoms with Crippen molar-refractivity contribution in [2.75, 3.05) is 7.11 Å². The molecular weight excluding hydrogens is 178 g/mol. The number of ether oxygens (including phenoxy) is 1. The predicted molar refractivity (Wildman–Crippen MR) is 52.5 cm³/mol. The van der Waals surface area contributed by atoms with Crippen LogP contribution in [-0.2, 0) is 11.3 Å². The van der Waals surface area contributed by atoms with Gasteiger partial charge < -0.3 is 4.74 Å². The number of H-pyrrole nitrogens is 1. The second kappa shape index (κ2) is 4.02. The van der Waals surface area contributed by atoms with Crippen LogP contribution in [0, 0.1) is 0 Å². The Labute approximate surface area is 81.9 Å². The summed E-state index contributed by atoms with van der Waals surface area (Å²) in [6.07, 6.45) is 3.53. The van der Waals surface area contributed by atoms with E-state index in [9.17, 15) is 0 Å². The number of aromatic nitrogens is 3. The van der Waals surface area contributed by atoms with Gasteiger partial charge in [-0.05, 0) is 18.2 Å². The van der Waals surface area contributed by atoms with Crippen molar-refractivity contribution >= 4 is 0 Å². The van der Waals surface area contributed by atoms with E-state index in [0.29, 0.717) is 6.61 Å². The van der Waals surface area contributed by atoms with Gasteiger partial charge in [0, 0.05) is 25.1 Å². The summed E-state index contributed by atoms with van der Waals surface area (Å²) in [5, 5.41) is 7.06. The second-order valence-corrected chi connectivity index (χ2v) is 2.95. The van der Waals surface area contributed by atoms with Gasteiger partial charge in [0.2, 0.25) is 0 Å². The molecule has 0 saturated carbocycles. The third kappa shape index (κ3) is 1.80. The van der Waals surface area contributed by atoms with Gasteiger partial charge in [-0.25, -0.2) is 0 Å². The van der Waals surface area contributed by atoms with Crippen LogP contribution in [0.1, 0.15) is 5.69 Å². The second-order valence-electron chi connectivity index (χ2n) is 2.95. The van der Waals surface area contributed by atoms with Gasteiger partial charge in [0.15, 0.2) is 0 Å². The van der Waals surface area contributed by atoms with Crippen LogP contribution in [0.4, 0.5) is 0 Å². The van der Waals surface area contributed by atoms with Gasteiger partial charge in [-0.3, -0.25) is 10.1 Å². The molecule has 0 atom stereocenters. The number of nitrogens with one attached hydrogen (secondary N) is 1. The molecule has 1 N–H and O–H groups in total. The van der Waals surface area contributed by atoms with Crippen molar-refractivity contribution in [1.82, 2.24) is 15.2 Å². The third-order valence-electron chi connectivity index (χ3n) is 1.89. The monoisotopic (exact) mass is 189 g/mol. The fraction of sp³-hybridized carbons (Fsp3) is 0.200. The molecule has 0 aliphatic heterocycles. The van der Waals surface area contributed by atoms with Crippen molar-refractivity contribution in [2.45, 2.75) is 6.61 Å². The van der Waals surface area contributed by atoms with E-state index in [-0.39, 0.29) is 0 Å². The topological polar surface area (TPSA) is 50.8 Å². The summed E-state index contributed by atoms with van der Waals surface area (Å²) in [5.41, 5.74) is 2.86. The van der Waals surface area contributed by atoms with Gasteiger partial charge in [0.1, 0.15) is 0 Å². The number of nitrogens with zero attached hydrogens (tertiary/aromatic N) is 2. The Morgan fingerprint density at radius 3 is 3.14 bits per heavy atom. The summed E-state index contributed by atoms with van der Waals surface area (Å²) >= 11 is 0. The normalized spacial score (nSPS) is 10.4. The lowest BCUT2D eigenvalue weighted by Crippen LogP contribution is -1.85. The molecule has 72 valence electrons. The highest BCUT2D eigenvalue weighted by Gasteiger charge is 2.02. The SMILES string of the molecule is COCc1cc(-c2cccnc2)n[nH]1. The first-order valence-corrected chi connectivity index (χ1v) is 4.34. The Morgan fingerprint density at radius 2 is 2.43 bits per heavy atom. The van der Waals surface area contributed by atoms with Crippen LogP contribution in [0.2, 0.25) is 0 Å². The highest BCUT2D eigenvalue weighted by atomic mass is 16.5. The van der Waals surface area contributed by atoms with E-state index in [1.54, 1.807) is 19.5 Å². The molecule has 0 bridgehead atoms. The molecule has 0 aliphatic rings. The molecular formula is C10H11N3O. The van der Waals surface area contributed by atoms with Crippen molar-refractivity contribution < 1.29 is 4.74 Å². The van der Waals surface area contributed by atoms with Gasteiger partial charge in [-0.15, -0.1) is 0 Å². The van der Waals surface area contributed by atoms with Crippen LogP contribution >= 0.6 is 0 Å². The Balaban J connectivity index is 2.25. The molecule has 0 aliphatic carbocycles. The fourth-order valence-corrected chi connectivity index (χ4v) is 1.25. The largest absolute Gasteiger partial charge is 0.378 e. The van der Waals surface area contributed by atoms with Crippen LogP contribution in [0.3, 0.4) is 0 Å². The number of methoxy groups -OCH3 is 1. The lowest BCUT2D eigenvalue weighted by molar-refractivity contribution is 0.181. The zero-order chi connectivity index (χ0) is 9.80. The van der Waals surface area contributed by atoms with E-state index in [1.165, 1.54) is 0 Å². The van der Waals surface area contributed by atoms with E-state index in [4.69, 9.17) is 4.74 Å². The van der Waals surface area contributed by atoms with Crippen molar-refractivity contribution in [1.29, 1.82) is 0 Å². The lowest BCUT2D eigenvalue weighted by atomic mass is 10.2. The number of pyridine rings is 1. The van der Waals surface area contributed by atoms with Crippen LogP contribution in [0.5, 0.6) is 0 Å². The molecule has 4 heteroatoms. The molecule has 0 amide bonds. The molecule has 4 nitrogen and oxygen atoms in total. The summed E-state index contributed by atoms with van der Waals surface area (Å²) < 4.78 is 4.99. The average Bonchev–Trinajstić information content (AvgIpc) is 2.68. The fourth-order valence-electron chi connectivity index (χ4n) is 1.25. The Bertz CT molecular complexity index is 397. The number of hydrogen-bond donors (Lipinski definition) is 1. The maximum Gasteiger partial charge on any atom is 0.0939 e. The maximum absolute atomic E-state index is 4.99. The molecule has 2 heterocycles. The van der Waals surface area contributed by atoms with E-state index in [2.05, 4.69) is 15.2 Å². The molecule has 0 unspecified atom stereocenters. The minimum atomic E-state index is 0.549.